The summed E-state index contributed by atoms with van der Waals surface area (Å²) in [5.41, 5.74) is 3.70. The van der Waals surface area contributed by atoms with Gasteiger partial charge in [0.2, 0.25) is 0 Å². The summed E-state index contributed by atoms with van der Waals surface area (Å²) in [4.78, 5) is 20.1. The summed E-state index contributed by atoms with van der Waals surface area (Å²) < 4.78 is 5.39. The zero-order valence-electron chi connectivity index (χ0n) is 18.6. The molecule has 1 aromatic heterocycles. The highest BCUT2D eigenvalue weighted by Crippen LogP contribution is 2.19. The van der Waals surface area contributed by atoms with Crippen molar-refractivity contribution in [2.75, 3.05) is 52.5 Å². The highest BCUT2D eigenvalue weighted by atomic mass is 32.1. The summed E-state index contributed by atoms with van der Waals surface area (Å²) in [7, 11) is 0. The van der Waals surface area contributed by atoms with Gasteiger partial charge in [-0.15, -0.1) is 0 Å². The van der Waals surface area contributed by atoms with E-state index in [-0.39, 0.29) is 12.2 Å². The van der Waals surface area contributed by atoms with Crippen LogP contribution in [0.4, 0.5) is 0 Å². The lowest BCUT2D eigenvalue weighted by Crippen LogP contribution is -2.42. The summed E-state index contributed by atoms with van der Waals surface area (Å²) in [5.74, 6) is 0. The zero-order valence-corrected chi connectivity index (χ0v) is 19.4. The number of aromatic nitrogens is 1. The van der Waals surface area contributed by atoms with Gasteiger partial charge in [0.1, 0.15) is 0 Å². The Labute approximate surface area is 189 Å². The van der Waals surface area contributed by atoms with Crippen LogP contribution in [0.15, 0.2) is 23.0 Å². The molecule has 1 saturated heterocycles. The number of rotatable bonds is 9. The van der Waals surface area contributed by atoms with E-state index in [4.69, 9.17) is 17.0 Å². The largest absolute Gasteiger partial charge is 0.396 e. The van der Waals surface area contributed by atoms with Gasteiger partial charge in [0.15, 0.2) is 5.11 Å². The van der Waals surface area contributed by atoms with Crippen LogP contribution in [0.2, 0.25) is 0 Å². The molecular weight excluding hydrogens is 412 g/mol. The number of nitrogens with zero attached hydrogens (tertiary/aromatic N) is 2. The normalized spacial score (nSPS) is 14.7. The lowest BCUT2D eigenvalue weighted by molar-refractivity contribution is 0.0376. The number of aromatic amines is 1. The minimum atomic E-state index is -0.0957. The first-order valence-electron chi connectivity index (χ1n) is 11.0. The Bertz CT molecular complexity index is 940. The van der Waals surface area contributed by atoms with Crippen molar-refractivity contribution in [3.63, 3.8) is 0 Å². The molecule has 0 radical (unpaired) electrons. The average molecular weight is 447 g/mol. The maximum absolute atomic E-state index is 12.7. The Morgan fingerprint density at radius 2 is 2.03 bits per heavy atom. The molecule has 1 aliphatic heterocycles. The molecular formula is C23H34N4O3S. The fourth-order valence-electron chi connectivity index (χ4n) is 3.99. The van der Waals surface area contributed by atoms with Crippen molar-refractivity contribution in [1.82, 2.24) is 20.1 Å². The summed E-state index contributed by atoms with van der Waals surface area (Å²) in [5, 5.41) is 14.3. The van der Waals surface area contributed by atoms with Gasteiger partial charge in [-0.25, -0.2) is 0 Å². The van der Waals surface area contributed by atoms with Crippen molar-refractivity contribution in [3.05, 3.63) is 45.2 Å². The maximum atomic E-state index is 12.7. The first kappa shape index (κ1) is 23.7. The van der Waals surface area contributed by atoms with Crippen LogP contribution in [0.1, 0.15) is 29.5 Å². The summed E-state index contributed by atoms with van der Waals surface area (Å²) in [6.07, 6.45) is 1.59. The number of fused-ring (bicyclic) bond motifs is 1. The molecule has 0 aliphatic carbocycles. The number of hydrogen-bond donors (Lipinski definition) is 3. The van der Waals surface area contributed by atoms with Gasteiger partial charge in [0.05, 0.1) is 19.8 Å². The molecule has 0 unspecified atom stereocenters. The molecule has 1 fully saturated rings. The van der Waals surface area contributed by atoms with Gasteiger partial charge in [-0.3, -0.25) is 9.69 Å². The predicted molar refractivity (Wildman–Crippen MR) is 129 cm³/mol. The van der Waals surface area contributed by atoms with Crippen LogP contribution in [0.3, 0.4) is 0 Å². The van der Waals surface area contributed by atoms with Crippen LogP contribution in [0, 0.1) is 13.8 Å². The van der Waals surface area contributed by atoms with Gasteiger partial charge in [-0.2, -0.15) is 0 Å². The van der Waals surface area contributed by atoms with Gasteiger partial charge in [-0.05, 0) is 68.7 Å². The molecule has 3 N–H and O–H groups in total. The topological polar surface area (TPSA) is 80.8 Å². The maximum Gasteiger partial charge on any atom is 0.253 e. The lowest BCUT2D eigenvalue weighted by Gasteiger charge is -2.28. The van der Waals surface area contributed by atoms with Crippen molar-refractivity contribution in [1.29, 1.82) is 0 Å². The lowest BCUT2D eigenvalue weighted by atomic mass is 10.0. The fourth-order valence-corrected chi connectivity index (χ4v) is 4.25. The number of aryl methyl sites for hydroxylation is 2. The Balaban J connectivity index is 1.64. The highest BCUT2D eigenvalue weighted by Gasteiger charge is 2.14. The molecule has 2 aromatic rings. The van der Waals surface area contributed by atoms with Gasteiger partial charge in [-0.1, -0.05) is 6.07 Å². The Morgan fingerprint density at radius 3 is 2.77 bits per heavy atom. The van der Waals surface area contributed by atoms with Crippen molar-refractivity contribution >= 4 is 28.2 Å². The minimum absolute atomic E-state index is 0.0859. The number of hydrogen-bond acceptors (Lipinski definition) is 5. The smallest absolute Gasteiger partial charge is 0.253 e. The van der Waals surface area contributed by atoms with E-state index in [2.05, 4.69) is 28.2 Å². The second-order valence-electron chi connectivity index (χ2n) is 8.20. The van der Waals surface area contributed by atoms with Crippen LogP contribution >= 0.6 is 12.2 Å². The number of H-pyrrole nitrogens is 1. The van der Waals surface area contributed by atoms with Gasteiger partial charge < -0.3 is 25.0 Å². The number of ether oxygens (including phenoxy) is 1. The van der Waals surface area contributed by atoms with E-state index >= 15 is 0 Å². The molecule has 31 heavy (non-hydrogen) atoms. The average Bonchev–Trinajstić information content (AvgIpc) is 2.75. The van der Waals surface area contributed by atoms with E-state index < -0.39 is 0 Å². The Kier molecular flexibility index (Phi) is 8.83. The Hall–Kier alpha value is -2.00. The number of pyridine rings is 1. The highest BCUT2D eigenvalue weighted by molar-refractivity contribution is 7.80. The molecule has 8 heteroatoms. The van der Waals surface area contributed by atoms with E-state index in [0.29, 0.717) is 30.2 Å². The van der Waals surface area contributed by atoms with E-state index in [1.807, 2.05) is 24.0 Å². The zero-order chi connectivity index (χ0) is 22.2. The van der Waals surface area contributed by atoms with Gasteiger partial charge in [0.25, 0.3) is 5.56 Å². The SMILES string of the molecule is Cc1cc(C)c2cc(CN(CCCO)C(=S)NCCCN3CCOCC3)c(=O)[nH]c2c1. The monoisotopic (exact) mass is 446 g/mol. The summed E-state index contributed by atoms with van der Waals surface area (Å²) in [6.45, 7) is 10.5. The molecule has 2 heterocycles. The van der Waals surface area contributed by atoms with Crippen LogP contribution in [-0.4, -0.2) is 77.5 Å². The summed E-state index contributed by atoms with van der Waals surface area (Å²) in [6, 6.07) is 6.09. The number of nitrogens with one attached hydrogen (secondary N) is 2. The van der Waals surface area contributed by atoms with E-state index in [0.717, 1.165) is 67.8 Å². The first-order valence-corrected chi connectivity index (χ1v) is 11.5. The fraction of sp³-hybridized carbons (Fsp3) is 0.565. The molecule has 0 saturated carbocycles. The van der Waals surface area contributed by atoms with Gasteiger partial charge >= 0.3 is 0 Å². The minimum Gasteiger partial charge on any atom is -0.396 e. The predicted octanol–water partition coefficient (Wildman–Crippen LogP) is 1.93. The number of aliphatic hydroxyl groups is 1. The molecule has 0 spiro atoms. The molecule has 0 bridgehead atoms. The standard InChI is InChI=1S/C23H34N4O3S/c1-17-13-18(2)20-15-19(22(29)25-21(20)14-17)16-27(7-4-10-28)23(31)24-5-3-6-26-8-11-30-12-9-26/h13-15,28H,3-12,16H2,1-2H3,(H,24,31)(H,25,29). The van der Waals surface area contributed by atoms with E-state index in [9.17, 15) is 9.90 Å². The van der Waals surface area contributed by atoms with Crippen LogP contribution in [-0.2, 0) is 11.3 Å². The Morgan fingerprint density at radius 1 is 1.26 bits per heavy atom. The van der Waals surface area contributed by atoms with E-state index in [1.165, 1.54) is 0 Å². The number of thiocarbonyl (C=S) groups is 1. The number of morpholine rings is 1. The van der Waals surface area contributed by atoms with Crippen molar-refractivity contribution in [2.45, 2.75) is 33.2 Å². The molecule has 1 aliphatic rings. The molecule has 3 rings (SSSR count). The molecule has 1 aromatic carbocycles. The van der Waals surface area contributed by atoms with Crippen molar-refractivity contribution < 1.29 is 9.84 Å². The van der Waals surface area contributed by atoms with Crippen molar-refractivity contribution in [2.24, 2.45) is 0 Å². The van der Waals surface area contributed by atoms with Crippen LogP contribution in [0.5, 0.6) is 0 Å². The molecule has 170 valence electrons. The molecule has 0 atom stereocenters. The van der Waals surface area contributed by atoms with Crippen LogP contribution in [0.25, 0.3) is 10.9 Å². The third kappa shape index (κ3) is 6.74. The van der Waals surface area contributed by atoms with E-state index in [1.54, 1.807) is 0 Å². The second kappa shape index (κ2) is 11.6. The molecule has 0 amide bonds. The first-order chi connectivity index (χ1) is 15.0. The number of aliphatic hydroxyl groups excluding tert-OH is 1. The summed E-state index contributed by atoms with van der Waals surface area (Å²) >= 11 is 5.63. The number of benzene rings is 1. The quantitative estimate of drug-likeness (QED) is 0.401. The van der Waals surface area contributed by atoms with Crippen LogP contribution < -0.4 is 10.9 Å². The second-order valence-corrected chi connectivity index (χ2v) is 8.59. The third-order valence-electron chi connectivity index (χ3n) is 5.66. The molecule has 7 nitrogen and oxygen atoms in total. The van der Waals surface area contributed by atoms with Crippen molar-refractivity contribution in [3.8, 4) is 0 Å². The third-order valence-corrected chi connectivity index (χ3v) is 6.06. The van der Waals surface area contributed by atoms with Gasteiger partial charge in [0, 0.05) is 49.3 Å².